The number of thiophene rings is 1. The summed E-state index contributed by atoms with van der Waals surface area (Å²) in [6.45, 7) is 3.60. The van der Waals surface area contributed by atoms with Crippen molar-refractivity contribution in [2.24, 2.45) is 0 Å². The summed E-state index contributed by atoms with van der Waals surface area (Å²) in [6.07, 6.45) is 2.06. The Morgan fingerprint density at radius 2 is 1.70 bits per heavy atom. The summed E-state index contributed by atoms with van der Waals surface area (Å²) < 4.78 is 5.46. The number of amides is 1. The summed E-state index contributed by atoms with van der Waals surface area (Å²) in [6, 6.07) is 20.5. The van der Waals surface area contributed by atoms with Crippen LogP contribution in [0.4, 0.5) is 0 Å². The fourth-order valence-corrected chi connectivity index (χ4v) is 5.90. The maximum Gasteiger partial charge on any atom is 0.264 e. The number of aromatic nitrogens is 2. The lowest BCUT2D eigenvalue weighted by Crippen LogP contribution is -2.48. The third kappa shape index (κ3) is 3.98. The Hall–Kier alpha value is -3.29. The minimum atomic E-state index is 0.149. The summed E-state index contributed by atoms with van der Waals surface area (Å²) in [5.41, 5.74) is 4.94. The van der Waals surface area contributed by atoms with E-state index in [1.807, 2.05) is 35.2 Å². The van der Waals surface area contributed by atoms with E-state index in [0.717, 1.165) is 36.4 Å². The highest BCUT2D eigenvalue weighted by Gasteiger charge is 2.27. The van der Waals surface area contributed by atoms with Gasteiger partial charge in [-0.3, -0.25) is 9.69 Å². The SMILES string of the molecule is O=C(c1cc2c(s1)-c1ccccc1CC2)N1CCN(Cc2nc(-c3ccccc3)no2)CC1. The van der Waals surface area contributed by atoms with Crippen LogP contribution < -0.4 is 0 Å². The van der Waals surface area contributed by atoms with E-state index in [9.17, 15) is 4.79 Å². The first kappa shape index (κ1) is 20.3. The normalized spacial score (nSPS) is 15.8. The van der Waals surface area contributed by atoms with Gasteiger partial charge in [-0.1, -0.05) is 59.8 Å². The van der Waals surface area contributed by atoms with E-state index in [1.54, 1.807) is 11.3 Å². The molecular formula is C26H24N4O2S. The molecule has 0 saturated carbocycles. The minimum absolute atomic E-state index is 0.149. The zero-order chi connectivity index (χ0) is 22.2. The first-order valence-corrected chi connectivity index (χ1v) is 12.2. The average molecular weight is 457 g/mol. The van der Waals surface area contributed by atoms with E-state index in [4.69, 9.17) is 4.52 Å². The number of hydrogen-bond donors (Lipinski definition) is 0. The molecule has 2 aromatic heterocycles. The molecule has 166 valence electrons. The van der Waals surface area contributed by atoms with Crippen molar-refractivity contribution in [3.05, 3.63) is 82.6 Å². The lowest BCUT2D eigenvalue weighted by molar-refractivity contribution is 0.0619. The summed E-state index contributed by atoms with van der Waals surface area (Å²) >= 11 is 1.65. The van der Waals surface area contributed by atoms with Crippen molar-refractivity contribution in [1.29, 1.82) is 0 Å². The third-order valence-corrected chi connectivity index (χ3v) is 7.66. The van der Waals surface area contributed by atoms with Crippen molar-refractivity contribution in [2.75, 3.05) is 26.2 Å². The largest absolute Gasteiger partial charge is 0.338 e. The number of benzene rings is 2. The van der Waals surface area contributed by atoms with E-state index in [0.29, 0.717) is 31.3 Å². The summed E-state index contributed by atoms with van der Waals surface area (Å²) in [5.74, 6) is 1.37. The molecule has 1 aliphatic heterocycles. The molecule has 6 rings (SSSR count). The highest BCUT2D eigenvalue weighted by atomic mass is 32.1. The molecular weight excluding hydrogens is 432 g/mol. The summed E-state index contributed by atoms with van der Waals surface area (Å²) in [4.78, 5) is 24.1. The second-order valence-corrected chi connectivity index (χ2v) is 9.62. The Kier molecular flexibility index (Phi) is 5.28. The molecule has 1 aliphatic carbocycles. The van der Waals surface area contributed by atoms with Gasteiger partial charge in [-0.15, -0.1) is 11.3 Å². The van der Waals surface area contributed by atoms with E-state index in [-0.39, 0.29) is 5.91 Å². The Morgan fingerprint density at radius 1 is 0.939 bits per heavy atom. The lowest BCUT2D eigenvalue weighted by atomic mass is 9.91. The molecule has 2 aromatic carbocycles. The van der Waals surface area contributed by atoms with E-state index in [1.165, 1.54) is 21.6 Å². The van der Waals surface area contributed by atoms with Gasteiger partial charge in [0.25, 0.3) is 5.91 Å². The summed E-state index contributed by atoms with van der Waals surface area (Å²) in [7, 11) is 0. The van der Waals surface area contributed by atoms with Gasteiger partial charge >= 0.3 is 0 Å². The number of rotatable bonds is 4. The quantitative estimate of drug-likeness (QED) is 0.452. The molecule has 1 amide bonds. The number of hydrogen-bond acceptors (Lipinski definition) is 6. The smallest absolute Gasteiger partial charge is 0.264 e. The van der Waals surface area contributed by atoms with Crippen LogP contribution in [0, 0.1) is 0 Å². The van der Waals surface area contributed by atoms with Crippen molar-refractivity contribution in [3.63, 3.8) is 0 Å². The Morgan fingerprint density at radius 3 is 2.55 bits per heavy atom. The van der Waals surface area contributed by atoms with Crippen LogP contribution in [0.15, 0.2) is 65.2 Å². The standard InChI is InChI=1S/C26H24N4O2S/c31-26(22-16-20-11-10-18-6-4-5-9-21(18)24(20)33-22)30-14-12-29(13-15-30)17-23-27-25(28-32-23)19-7-2-1-3-8-19/h1-9,16H,10-15,17H2. The number of carbonyl (C=O) groups excluding carboxylic acids is 1. The Balaban J connectivity index is 1.09. The predicted molar refractivity (Wildman–Crippen MR) is 128 cm³/mol. The fraction of sp³-hybridized carbons (Fsp3) is 0.269. The van der Waals surface area contributed by atoms with Gasteiger partial charge in [0.1, 0.15) is 0 Å². The maximum atomic E-state index is 13.2. The zero-order valence-corrected chi connectivity index (χ0v) is 19.1. The van der Waals surface area contributed by atoms with Crippen molar-refractivity contribution in [1.82, 2.24) is 19.9 Å². The molecule has 0 spiro atoms. The van der Waals surface area contributed by atoms with Crippen LogP contribution in [-0.2, 0) is 19.4 Å². The minimum Gasteiger partial charge on any atom is -0.338 e. The monoisotopic (exact) mass is 456 g/mol. The molecule has 1 saturated heterocycles. The summed E-state index contributed by atoms with van der Waals surface area (Å²) in [5, 5.41) is 4.11. The maximum absolute atomic E-state index is 13.2. The number of fused-ring (bicyclic) bond motifs is 3. The molecule has 7 heteroatoms. The Labute approximate surface area is 196 Å². The van der Waals surface area contributed by atoms with Crippen LogP contribution >= 0.6 is 11.3 Å². The molecule has 2 aliphatic rings. The zero-order valence-electron chi connectivity index (χ0n) is 18.2. The highest BCUT2D eigenvalue weighted by Crippen LogP contribution is 2.39. The topological polar surface area (TPSA) is 62.5 Å². The third-order valence-electron chi connectivity index (χ3n) is 6.46. The number of aryl methyl sites for hydroxylation is 2. The highest BCUT2D eigenvalue weighted by molar-refractivity contribution is 7.17. The van der Waals surface area contributed by atoms with Gasteiger partial charge in [0, 0.05) is 36.6 Å². The van der Waals surface area contributed by atoms with Gasteiger partial charge in [0.15, 0.2) is 0 Å². The molecule has 4 aromatic rings. The lowest BCUT2D eigenvalue weighted by Gasteiger charge is -2.33. The second kappa shape index (κ2) is 8.57. The van der Waals surface area contributed by atoms with Crippen LogP contribution in [0.3, 0.4) is 0 Å². The Bertz CT molecular complexity index is 1290. The number of piperazine rings is 1. The molecule has 6 nitrogen and oxygen atoms in total. The van der Waals surface area contributed by atoms with Crippen LogP contribution in [0.25, 0.3) is 21.8 Å². The molecule has 33 heavy (non-hydrogen) atoms. The van der Waals surface area contributed by atoms with Gasteiger partial charge in [-0.25, -0.2) is 0 Å². The van der Waals surface area contributed by atoms with Crippen LogP contribution in [0.5, 0.6) is 0 Å². The van der Waals surface area contributed by atoms with Gasteiger partial charge in [0.2, 0.25) is 11.7 Å². The molecule has 0 N–H and O–H groups in total. The van der Waals surface area contributed by atoms with Gasteiger partial charge in [0.05, 0.1) is 11.4 Å². The molecule has 1 fully saturated rings. The van der Waals surface area contributed by atoms with Crippen LogP contribution in [0.2, 0.25) is 0 Å². The molecule has 0 bridgehead atoms. The van der Waals surface area contributed by atoms with Crippen molar-refractivity contribution < 1.29 is 9.32 Å². The van der Waals surface area contributed by atoms with Gasteiger partial charge < -0.3 is 9.42 Å². The van der Waals surface area contributed by atoms with Gasteiger partial charge in [-0.05, 0) is 35.6 Å². The van der Waals surface area contributed by atoms with Crippen LogP contribution in [-0.4, -0.2) is 52.0 Å². The predicted octanol–water partition coefficient (Wildman–Crippen LogP) is 4.52. The van der Waals surface area contributed by atoms with E-state index in [2.05, 4.69) is 45.4 Å². The fourth-order valence-electron chi connectivity index (χ4n) is 4.66. The average Bonchev–Trinajstić information content (AvgIpc) is 3.52. The molecule has 0 atom stereocenters. The van der Waals surface area contributed by atoms with Gasteiger partial charge in [-0.2, -0.15) is 4.98 Å². The molecule has 3 heterocycles. The molecule has 0 radical (unpaired) electrons. The van der Waals surface area contributed by atoms with Crippen LogP contribution in [0.1, 0.15) is 26.7 Å². The van der Waals surface area contributed by atoms with Crippen molar-refractivity contribution in [3.8, 4) is 21.8 Å². The van der Waals surface area contributed by atoms with Crippen molar-refractivity contribution >= 4 is 17.2 Å². The van der Waals surface area contributed by atoms with Crippen molar-refractivity contribution in [2.45, 2.75) is 19.4 Å². The number of carbonyl (C=O) groups is 1. The number of nitrogens with zero attached hydrogens (tertiary/aromatic N) is 4. The van der Waals surface area contributed by atoms with E-state index >= 15 is 0 Å². The molecule has 0 unspecified atom stereocenters. The second-order valence-electron chi connectivity index (χ2n) is 8.57. The van der Waals surface area contributed by atoms with E-state index < -0.39 is 0 Å². The first-order valence-electron chi connectivity index (χ1n) is 11.4. The first-order chi connectivity index (χ1) is 16.2.